The van der Waals surface area contributed by atoms with Gasteiger partial charge in [0.25, 0.3) is 0 Å². The fourth-order valence-electron chi connectivity index (χ4n) is 2.49. The summed E-state index contributed by atoms with van der Waals surface area (Å²) >= 11 is 0. The molecule has 2 rings (SSSR count). The number of benzene rings is 1. The van der Waals surface area contributed by atoms with E-state index < -0.39 is 0 Å². The zero-order valence-electron chi connectivity index (χ0n) is 12.8. The van der Waals surface area contributed by atoms with Crippen LogP contribution in [0.2, 0.25) is 0 Å². The van der Waals surface area contributed by atoms with Crippen LogP contribution in [0, 0.1) is 5.92 Å². The molecule has 0 spiro atoms. The van der Waals surface area contributed by atoms with Crippen molar-refractivity contribution < 1.29 is 4.79 Å². The lowest BCUT2D eigenvalue weighted by Gasteiger charge is -2.19. The molecule has 1 aromatic rings. The van der Waals surface area contributed by atoms with Crippen LogP contribution < -0.4 is 10.6 Å². The molecule has 1 aromatic carbocycles. The van der Waals surface area contributed by atoms with Crippen molar-refractivity contribution in [3.63, 3.8) is 0 Å². The maximum Gasteiger partial charge on any atom is 0.236 e. The summed E-state index contributed by atoms with van der Waals surface area (Å²) in [6.07, 6.45) is 3.54. The summed E-state index contributed by atoms with van der Waals surface area (Å²) in [6.45, 7) is 5.03. The Kier molecular flexibility index (Phi) is 5.18. The third kappa shape index (κ3) is 4.34. The third-order valence-electron chi connectivity index (χ3n) is 3.85. The molecule has 1 saturated carbocycles. The van der Waals surface area contributed by atoms with Crippen molar-refractivity contribution in [3.05, 3.63) is 35.4 Å². The summed E-state index contributed by atoms with van der Waals surface area (Å²) in [4.78, 5) is 11.8. The van der Waals surface area contributed by atoms with Gasteiger partial charge in [0, 0.05) is 13.6 Å². The van der Waals surface area contributed by atoms with Gasteiger partial charge < -0.3 is 10.6 Å². The number of carbonyl (C=O) groups is 1. The van der Waals surface area contributed by atoms with Crippen LogP contribution in [0.5, 0.6) is 0 Å². The monoisotopic (exact) mass is 274 g/mol. The molecule has 1 amide bonds. The average molecular weight is 274 g/mol. The van der Waals surface area contributed by atoms with E-state index in [0.717, 1.165) is 18.9 Å². The van der Waals surface area contributed by atoms with Crippen molar-refractivity contribution in [2.24, 2.45) is 5.92 Å². The first-order valence-electron chi connectivity index (χ1n) is 7.64. The Morgan fingerprint density at radius 1 is 1.25 bits per heavy atom. The lowest BCUT2D eigenvalue weighted by atomic mass is 10.0. The summed E-state index contributed by atoms with van der Waals surface area (Å²) in [5, 5.41) is 6.11. The minimum absolute atomic E-state index is 0.0771. The van der Waals surface area contributed by atoms with Crippen molar-refractivity contribution in [1.82, 2.24) is 10.6 Å². The molecular weight excluding hydrogens is 248 g/mol. The highest BCUT2D eigenvalue weighted by atomic mass is 16.2. The largest absolute Gasteiger partial charge is 0.358 e. The zero-order chi connectivity index (χ0) is 14.5. The van der Waals surface area contributed by atoms with Gasteiger partial charge in [0.2, 0.25) is 5.91 Å². The third-order valence-corrected chi connectivity index (χ3v) is 3.85. The number of nitrogens with one attached hydrogen (secondary N) is 2. The number of likely N-dealkylation sites (N-methyl/N-ethyl adjacent to an activating group) is 1. The topological polar surface area (TPSA) is 41.1 Å². The first-order chi connectivity index (χ1) is 9.60. The van der Waals surface area contributed by atoms with Crippen LogP contribution in [0.3, 0.4) is 0 Å². The first-order valence-corrected chi connectivity index (χ1v) is 7.64. The van der Waals surface area contributed by atoms with Crippen molar-refractivity contribution >= 4 is 5.91 Å². The molecule has 1 aliphatic carbocycles. The maximum absolute atomic E-state index is 11.8. The lowest BCUT2D eigenvalue weighted by molar-refractivity contribution is -0.123. The van der Waals surface area contributed by atoms with E-state index in [2.05, 4.69) is 48.7 Å². The first kappa shape index (κ1) is 15.0. The van der Waals surface area contributed by atoms with E-state index >= 15 is 0 Å². The normalized spacial score (nSPS) is 16.2. The Hall–Kier alpha value is -1.35. The molecule has 1 aliphatic rings. The predicted octanol–water partition coefficient (Wildman–Crippen LogP) is 2.81. The highest BCUT2D eigenvalue weighted by molar-refractivity contribution is 5.81. The van der Waals surface area contributed by atoms with Gasteiger partial charge in [-0.25, -0.2) is 0 Å². The number of carbonyl (C=O) groups excluding carboxylic acids is 1. The summed E-state index contributed by atoms with van der Waals surface area (Å²) in [7, 11) is 1.70. The Bertz CT molecular complexity index is 435. The van der Waals surface area contributed by atoms with Gasteiger partial charge in [0.15, 0.2) is 0 Å². The van der Waals surface area contributed by atoms with E-state index in [0.29, 0.717) is 5.92 Å². The second-order valence-electron chi connectivity index (χ2n) is 6.19. The second-order valence-corrected chi connectivity index (χ2v) is 6.19. The van der Waals surface area contributed by atoms with Gasteiger partial charge in [-0.1, -0.05) is 38.1 Å². The Balaban J connectivity index is 1.88. The fourth-order valence-corrected chi connectivity index (χ4v) is 2.49. The summed E-state index contributed by atoms with van der Waals surface area (Å²) in [6, 6.07) is 8.70. The van der Waals surface area contributed by atoms with E-state index in [4.69, 9.17) is 0 Å². The number of hydrogen-bond donors (Lipinski definition) is 2. The van der Waals surface area contributed by atoms with Crippen LogP contribution >= 0.6 is 0 Å². The van der Waals surface area contributed by atoms with E-state index in [9.17, 15) is 4.79 Å². The van der Waals surface area contributed by atoms with Gasteiger partial charge >= 0.3 is 0 Å². The molecule has 0 bridgehead atoms. The molecule has 0 saturated heterocycles. The van der Waals surface area contributed by atoms with Gasteiger partial charge in [-0.15, -0.1) is 0 Å². The minimum Gasteiger partial charge on any atom is -0.358 e. The van der Waals surface area contributed by atoms with Crippen molar-refractivity contribution in [2.45, 2.75) is 51.6 Å². The Labute approximate surface area is 122 Å². The minimum atomic E-state index is -0.108. The molecule has 1 unspecified atom stereocenters. The zero-order valence-corrected chi connectivity index (χ0v) is 12.8. The van der Waals surface area contributed by atoms with Gasteiger partial charge in [0.05, 0.1) is 6.04 Å². The quantitative estimate of drug-likeness (QED) is 0.803. The van der Waals surface area contributed by atoms with Crippen LogP contribution in [-0.2, 0) is 11.3 Å². The van der Waals surface area contributed by atoms with Crippen LogP contribution in [0.25, 0.3) is 0 Å². The molecule has 3 heteroatoms. The molecule has 0 radical (unpaired) electrons. The van der Waals surface area contributed by atoms with Crippen LogP contribution in [-0.4, -0.2) is 19.0 Å². The molecule has 1 atom stereocenters. The smallest absolute Gasteiger partial charge is 0.236 e. The standard InChI is InChI=1S/C17H26N2O/c1-12(2)10-16(17(20)18-3)19-11-13-4-6-14(7-5-13)15-8-9-15/h4-7,12,15-16,19H,8-11H2,1-3H3,(H,18,20). The van der Waals surface area contributed by atoms with Gasteiger partial charge in [-0.3, -0.25) is 4.79 Å². The van der Waals surface area contributed by atoms with Crippen LogP contribution in [0.1, 0.15) is 50.2 Å². The predicted molar refractivity (Wildman–Crippen MR) is 82.6 cm³/mol. The molecule has 20 heavy (non-hydrogen) atoms. The fraction of sp³-hybridized carbons (Fsp3) is 0.588. The summed E-state index contributed by atoms with van der Waals surface area (Å²) in [5.41, 5.74) is 2.70. The van der Waals surface area contributed by atoms with Gasteiger partial charge in [-0.05, 0) is 42.2 Å². The van der Waals surface area contributed by atoms with E-state index in [1.165, 1.54) is 24.0 Å². The molecule has 3 nitrogen and oxygen atoms in total. The van der Waals surface area contributed by atoms with E-state index in [1.807, 2.05) is 0 Å². The van der Waals surface area contributed by atoms with Crippen molar-refractivity contribution in [1.29, 1.82) is 0 Å². The van der Waals surface area contributed by atoms with Crippen molar-refractivity contribution in [3.8, 4) is 0 Å². The molecule has 0 heterocycles. The number of rotatable bonds is 7. The SMILES string of the molecule is CNC(=O)C(CC(C)C)NCc1ccc(C2CC2)cc1. The van der Waals surface area contributed by atoms with Crippen LogP contribution in [0.15, 0.2) is 24.3 Å². The number of hydrogen-bond acceptors (Lipinski definition) is 2. The highest BCUT2D eigenvalue weighted by Gasteiger charge is 2.23. The second kappa shape index (κ2) is 6.89. The maximum atomic E-state index is 11.8. The molecule has 0 aliphatic heterocycles. The van der Waals surface area contributed by atoms with E-state index in [-0.39, 0.29) is 11.9 Å². The summed E-state index contributed by atoms with van der Waals surface area (Å²) in [5.74, 6) is 1.38. The molecule has 110 valence electrons. The number of amides is 1. The highest BCUT2D eigenvalue weighted by Crippen LogP contribution is 2.39. The Morgan fingerprint density at radius 3 is 2.40 bits per heavy atom. The van der Waals surface area contributed by atoms with Gasteiger partial charge in [-0.2, -0.15) is 0 Å². The Morgan fingerprint density at radius 2 is 1.90 bits per heavy atom. The van der Waals surface area contributed by atoms with E-state index in [1.54, 1.807) is 7.05 Å². The van der Waals surface area contributed by atoms with Crippen LogP contribution in [0.4, 0.5) is 0 Å². The average Bonchev–Trinajstić information content (AvgIpc) is 3.27. The molecule has 0 aromatic heterocycles. The molecule has 2 N–H and O–H groups in total. The molecular formula is C17H26N2O. The van der Waals surface area contributed by atoms with Crippen molar-refractivity contribution in [2.75, 3.05) is 7.05 Å². The summed E-state index contributed by atoms with van der Waals surface area (Å²) < 4.78 is 0. The van der Waals surface area contributed by atoms with Gasteiger partial charge in [0.1, 0.15) is 0 Å². The lowest BCUT2D eigenvalue weighted by Crippen LogP contribution is -2.43. The molecule has 1 fully saturated rings.